The van der Waals surface area contributed by atoms with Gasteiger partial charge in [0.25, 0.3) is 0 Å². The molecule has 0 spiro atoms. The zero-order valence-corrected chi connectivity index (χ0v) is 12.0. The summed E-state index contributed by atoms with van der Waals surface area (Å²) < 4.78 is 1.01. The number of hydrogen-bond acceptors (Lipinski definition) is 1. The maximum atomic E-state index is 11.8. The topological polar surface area (TPSA) is 29.1 Å². The standard InChI is InChI=1S/C12H13Br2NO/c13-8-12(4-5-12)15-11(16)7-9-2-1-3-10(14)6-9/h1-3,6H,4-5,7-8H2,(H,15,16). The lowest BCUT2D eigenvalue weighted by molar-refractivity contribution is -0.121. The molecule has 0 atom stereocenters. The third-order valence-electron chi connectivity index (χ3n) is 2.77. The molecule has 0 aromatic heterocycles. The lowest BCUT2D eigenvalue weighted by atomic mass is 10.1. The first-order valence-electron chi connectivity index (χ1n) is 5.25. The number of amides is 1. The third kappa shape index (κ3) is 3.08. The largest absolute Gasteiger partial charge is 0.350 e. The van der Waals surface area contributed by atoms with Crippen LogP contribution < -0.4 is 5.32 Å². The molecule has 0 radical (unpaired) electrons. The minimum atomic E-state index is 0.0447. The van der Waals surface area contributed by atoms with E-state index in [9.17, 15) is 4.79 Å². The molecule has 0 heterocycles. The number of carbonyl (C=O) groups excluding carboxylic acids is 1. The van der Waals surface area contributed by atoms with Gasteiger partial charge >= 0.3 is 0 Å². The summed E-state index contributed by atoms with van der Waals surface area (Å²) in [5.41, 5.74) is 1.08. The zero-order valence-electron chi connectivity index (χ0n) is 8.80. The predicted octanol–water partition coefficient (Wildman–Crippen LogP) is 3.04. The highest BCUT2D eigenvalue weighted by molar-refractivity contribution is 9.10. The molecule has 0 aliphatic heterocycles. The van der Waals surface area contributed by atoms with Gasteiger partial charge in [0.15, 0.2) is 0 Å². The van der Waals surface area contributed by atoms with E-state index >= 15 is 0 Å². The first-order chi connectivity index (χ1) is 7.63. The van der Waals surface area contributed by atoms with E-state index in [1.54, 1.807) is 0 Å². The maximum absolute atomic E-state index is 11.8. The van der Waals surface area contributed by atoms with Crippen molar-refractivity contribution < 1.29 is 4.79 Å². The molecule has 1 aromatic carbocycles. The number of halogens is 2. The molecule has 1 aromatic rings. The highest BCUT2D eigenvalue weighted by Crippen LogP contribution is 2.36. The van der Waals surface area contributed by atoms with Gasteiger partial charge in [-0.2, -0.15) is 0 Å². The molecule has 0 unspecified atom stereocenters. The van der Waals surface area contributed by atoms with Crippen LogP contribution in [0.4, 0.5) is 0 Å². The summed E-state index contributed by atoms with van der Waals surface area (Å²) in [4.78, 5) is 11.8. The van der Waals surface area contributed by atoms with Gasteiger partial charge in [0.1, 0.15) is 0 Å². The summed E-state index contributed by atoms with van der Waals surface area (Å²) in [6.07, 6.45) is 2.62. The number of hydrogen-bond donors (Lipinski definition) is 1. The van der Waals surface area contributed by atoms with Crippen molar-refractivity contribution in [3.8, 4) is 0 Å². The predicted molar refractivity (Wildman–Crippen MR) is 71.7 cm³/mol. The summed E-state index contributed by atoms with van der Waals surface area (Å²) in [5.74, 6) is 0.107. The quantitative estimate of drug-likeness (QED) is 0.834. The van der Waals surface area contributed by atoms with Crippen LogP contribution in [-0.4, -0.2) is 16.8 Å². The smallest absolute Gasteiger partial charge is 0.224 e. The minimum Gasteiger partial charge on any atom is -0.350 e. The molecule has 2 rings (SSSR count). The average molecular weight is 347 g/mol. The summed E-state index contributed by atoms with van der Waals surface area (Å²) in [6, 6.07) is 7.86. The van der Waals surface area contributed by atoms with Crippen LogP contribution in [0, 0.1) is 0 Å². The van der Waals surface area contributed by atoms with E-state index in [-0.39, 0.29) is 11.4 Å². The molecule has 1 saturated carbocycles. The van der Waals surface area contributed by atoms with Crippen LogP contribution in [0.25, 0.3) is 0 Å². The highest BCUT2D eigenvalue weighted by atomic mass is 79.9. The normalized spacial score (nSPS) is 16.9. The highest BCUT2D eigenvalue weighted by Gasteiger charge is 2.42. The monoisotopic (exact) mass is 345 g/mol. The maximum Gasteiger partial charge on any atom is 0.224 e. The van der Waals surface area contributed by atoms with Crippen molar-refractivity contribution in [2.45, 2.75) is 24.8 Å². The van der Waals surface area contributed by atoms with E-state index in [0.29, 0.717) is 6.42 Å². The van der Waals surface area contributed by atoms with E-state index in [0.717, 1.165) is 28.2 Å². The Kier molecular flexibility index (Phi) is 3.70. The Morgan fingerprint density at radius 2 is 2.19 bits per heavy atom. The van der Waals surface area contributed by atoms with Crippen LogP contribution in [0.5, 0.6) is 0 Å². The molecule has 2 nitrogen and oxygen atoms in total. The number of nitrogens with one attached hydrogen (secondary N) is 1. The zero-order chi connectivity index (χ0) is 11.6. The van der Waals surface area contributed by atoms with Crippen LogP contribution in [0.2, 0.25) is 0 Å². The molecule has 1 amide bonds. The lowest BCUT2D eigenvalue weighted by Crippen LogP contribution is -2.38. The molecule has 1 fully saturated rings. The van der Waals surface area contributed by atoms with E-state index in [1.807, 2.05) is 24.3 Å². The Bertz CT molecular complexity index is 402. The van der Waals surface area contributed by atoms with Crippen LogP contribution in [0.1, 0.15) is 18.4 Å². The molecule has 4 heteroatoms. The number of alkyl halides is 1. The van der Waals surface area contributed by atoms with Crippen molar-refractivity contribution in [2.75, 3.05) is 5.33 Å². The van der Waals surface area contributed by atoms with Crippen molar-refractivity contribution >= 4 is 37.8 Å². The molecule has 1 N–H and O–H groups in total. The van der Waals surface area contributed by atoms with Crippen molar-refractivity contribution in [1.29, 1.82) is 0 Å². The van der Waals surface area contributed by atoms with Gasteiger partial charge in [0, 0.05) is 15.3 Å². The fourth-order valence-corrected chi connectivity index (χ4v) is 2.76. The van der Waals surface area contributed by atoms with Crippen LogP contribution in [0.15, 0.2) is 28.7 Å². The second-order valence-electron chi connectivity index (χ2n) is 4.27. The van der Waals surface area contributed by atoms with Crippen molar-refractivity contribution in [2.24, 2.45) is 0 Å². The molecule has 16 heavy (non-hydrogen) atoms. The summed E-state index contributed by atoms with van der Waals surface area (Å²) >= 11 is 6.84. The van der Waals surface area contributed by atoms with E-state index in [2.05, 4.69) is 37.2 Å². The van der Waals surface area contributed by atoms with Crippen molar-refractivity contribution in [3.63, 3.8) is 0 Å². The lowest BCUT2D eigenvalue weighted by Gasteiger charge is -2.14. The van der Waals surface area contributed by atoms with Crippen LogP contribution >= 0.6 is 31.9 Å². The Hall–Kier alpha value is -0.350. The van der Waals surface area contributed by atoms with Gasteiger partial charge < -0.3 is 5.32 Å². The van der Waals surface area contributed by atoms with E-state index in [1.165, 1.54) is 0 Å². The van der Waals surface area contributed by atoms with Gasteiger partial charge in [-0.15, -0.1) is 0 Å². The molecule has 0 bridgehead atoms. The van der Waals surface area contributed by atoms with E-state index < -0.39 is 0 Å². The van der Waals surface area contributed by atoms with Gasteiger partial charge in [0.2, 0.25) is 5.91 Å². The molecule has 86 valence electrons. The molecular weight excluding hydrogens is 334 g/mol. The van der Waals surface area contributed by atoms with Crippen molar-refractivity contribution in [1.82, 2.24) is 5.32 Å². The second-order valence-corrected chi connectivity index (χ2v) is 5.75. The van der Waals surface area contributed by atoms with Gasteiger partial charge in [-0.25, -0.2) is 0 Å². The molecule has 1 aliphatic rings. The van der Waals surface area contributed by atoms with Crippen molar-refractivity contribution in [3.05, 3.63) is 34.3 Å². The average Bonchev–Trinajstić information content (AvgIpc) is 2.98. The Balaban J connectivity index is 1.92. The Morgan fingerprint density at radius 1 is 1.44 bits per heavy atom. The first-order valence-corrected chi connectivity index (χ1v) is 7.16. The Morgan fingerprint density at radius 3 is 2.75 bits per heavy atom. The SMILES string of the molecule is O=C(Cc1cccc(Br)c1)NC1(CBr)CC1. The van der Waals surface area contributed by atoms with Crippen LogP contribution in [0.3, 0.4) is 0 Å². The van der Waals surface area contributed by atoms with Gasteiger partial charge in [-0.05, 0) is 30.5 Å². The van der Waals surface area contributed by atoms with Gasteiger partial charge in [-0.1, -0.05) is 44.0 Å². The fraction of sp³-hybridized carbons (Fsp3) is 0.417. The van der Waals surface area contributed by atoms with Crippen LogP contribution in [-0.2, 0) is 11.2 Å². The molecule has 1 aliphatic carbocycles. The summed E-state index contributed by atoms with van der Waals surface area (Å²) in [7, 11) is 0. The van der Waals surface area contributed by atoms with E-state index in [4.69, 9.17) is 0 Å². The number of rotatable bonds is 4. The Labute approximate surface area is 112 Å². The number of benzene rings is 1. The first kappa shape index (κ1) is 12.1. The molecular formula is C12H13Br2NO. The fourth-order valence-electron chi connectivity index (χ4n) is 1.62. The second kappa shape index (κ2) is 4.88. The summed E-state index contributed by atoms with van der Waals surface area (Å²) in [6.45, 7) is 0. The minimum absolute atomic E-state index is 0.0447. The number of carbonyl (C=O) groups is 1. The third-order valence-corrected chi connectivity index (χ3v) is 4.33. The van der Waals surface area contributed by atoms with Gasteiger partial charge in [0.05, 0.1) is 6.42 Å². The summed E-state index contributed by atoms with van der Waals surface area (Å²) in [5, 5.41) is 3.94. The molecule has 0 saturated heterocycles. The van der Waals surface area contributed by atoms with Gasteiger partial charge in [-0.3, -0.25) is 4.79 Å².